The first kappa shape index (κ1) is 31.0. The third-order valence-corrected chi connectivity index (χ3v) is 9.83. The predicted octanol–water partition coefficient (Wildman–Crippen LogP) is 4.96. The Morgan fingerprint density at radius 1 is 0.864 bits per heavy atom. The lowest BCUT2D eigenvalue weighted by molar-refractivity contribution is -0.128. The number of para-hydroxylation sites is 2. The topological polar surface area (TPSA) is 96.0 Å². The van der Waals surface area contributed by atoms with Gasteiger partial charge in [-0.05, 0) is 61.6 Å². The molecule has 1 atom stereocenters. The minimum Gasteiger partial charge on any atom is -0.477 e. The number of amides is 2. The summed E-state index contributed by atoms with van der Waals surface area (Å²) >= 11 is 0. The zero-order valence-electron chi connectivity index (χ0n) is 25.2. The number of hydrogen-bond donors (Lipinski definition) is 1. The lowest BCUT2D eigenvalue weighted by atomic mass is 10.1. The molecule has 0 fully saturated rings. The number of carbonyl (C=O) groups is 2. The Hall–Kier alpha value is -4.47. The zero-order valence-corrected chi connectivity index (χ0v) is 26.0. The van der Waals surface area contributed by atoms with Crippen LogP contribution in [0, 0.1) is 20.8 Å². The molecule has 0 unspecified atom stereocenters. The van der Waals surface area contributed by atoms with E-state index in [0.717, 1.165) is 16.7 Å². The Morgan fingerprint density at radius 2 is 1.45 bits per heavy atom. The Morgan fingerprint density at radius 3 is 2.11 bits per heavy atom. The van der Waals surface area contributed by atoms with Crippen molar-refractivity contribution in [2.24, 2.45) is 0 Å². The van der Waals surface area contributed by atoms with Gasteiger partial charge in [0.1, 0.15) is 5.75 Å². The van der Waals surface area contributed by atoms with E-state index in [-0.39, 0.29) is 23.9 Å². The number of nitrogens with one attached hydrogen (secondary N) is 1. The number of rotatable bonds is 10. The van der Waals surface area contributed by atoms with Crippen LogP contribution in [-0.4, -0.2) is 50.3 Å². The molecule has 0 spiro atoms. The summed E-state index contributed by atoms with van der Waals surface area (Å²) in [7, 11) is -4.05. The van der Waals surface area contributed by atoms with E-state index in [0.29, 0.717) is 35.5 Å². The molecule has 1 aliphatic heterocycles. The standard InChI is InChI=1S/C35H37N3O5S/c1-25-20-26(2)34(27(3)21-25)44(41,42)37(19-18-28-12-6-4-7-13-28)24-33(39)38-23-32(43-31-17-11-10-16-30(31)38)35(40)36-22-29-14-8-5-9-15-29/h4-17,20-21,32H,18-19,22-24H2,1-3H3,(H,36,40)/t32-/m1/s1. The summed E-state index contributed by atoms with van der Waals surface area (Å²) in [4.78, 5) is 28.9. The maximum absolute atomic E-state index is 14.2. The van der Waals surface area contributed by atoms with Gasteiger partial charge in [-0.25, -0.2) is 8.42 Å². The minimum atomic E-state index is -4.05. The number of ether oxygens (including phenoxy) is 1. The van der Waals surface area contributed by atoms with Gasteiger partial charge in [-0.2, -0.15) is 4.31 Å². The lowest BCUT2D eigenvalue weighted by Crippen LogP contribution is -2.53. The van der Waals surface area contributed by atoms with Crippen molar-refractivity contribution in [2.45, 2.75) is 44.7 Å². The number of anilines is 1. The fourth-order valence-corrected chi connectivity index (χ4v) is 7.43. The molecule has 4 aromatic carbocycles. The molecule has 1 N–H and O–H groups in total. The van der Waals surface area contributed by atoms with Crippen LogP contribution in [0.3, 0.4) is 0 Å². The van der Waals surface area contributed by atoms with Crippen molar-refractivity contribution in [1.29, 1.82) is 0 Å². The van der Waals surface area contributed by atoms with Gasteiger partial charge in [0, 0.05) is 13.1 Å². The molecule has 0 aromatic heterocycles. The predicted molar refractivity (Wildman–Crippen MR) is 171 cm³/mol. The van der Waals surface area contributed by atoms with Gasteiger partial charge in [-0.1, -0.05) is 90.5 Å². The molecule has 228 valence electrons. The summed E-state index contributed by atoms with van der Waals surface area (Å²) in [5.41, 5.74) is 4.62. The number of nitrogens with zero attached hydrogens (tertiary/aromatic N) is 2. The zero-order chi connectivity index (χ0) is 31.3. The van der Waals surface area contributed by atoms with Gasteiger partial charge in [0.25, 0.3) is 5.91 Å². The van der Waals surface area contributed by atoms with E-state index in [9.17, 15) is 18.0 Å². The fraction of sp³-hybridized carbons (Fsp3) is 0.257. The summed E-state index contributed by atoms with van der Waals surface area (Å²) in [5.74, 6) is -0.419. The van der Waals surface area contributed by atoms with E-state index in [1.165, 1.54) is 9.21 Å². The first-order valence-electron chi connectivity index (χ1n) is 14.6. The second-order valence-electron chi connectivity index (χ2n) is 11.1. The van der Waals surface area contributed by atoms with Gasteiger partial charge >= 0.3 is 0 Å². The number of fused-ring (bicyclic) bond motifs is 1. The van der Waals surface area contributed by atoms with Gasteiger partial charge in [-0.3, -0.25) is 9.59 Å². The summed E-state index contributed by atoms with van der Waals surface area (Å²) in [6, 6.07) is 29.8. The molecule has 0 saturated carbocycles. The molecule has 4 aromatic rings. The highest BCUT2D eigenvalue weighted by Crippen LogP contribution is 2.34. The van der Waals surface area contributed by atoms with Crippen LogP contribution in [0.4, 0.5) is 5.69 Å². The highest BCUT2D eigenvalue weighted by atomic mass is 32.2. The third kappa shape index (κ3) is 7.01. The average Bonchev–Trinajstić information content (AvgIpc) is 3.01. The van der Waals surface area contributed by atoms with Crippen molar-refractivity contribution in [3.05, 3.63) is 125 Å². The van der Waals surface area contributed by atoms with Crippen LogP contribution in [0.2, 0.25) is 0 Å². The van der Waals surface area contributed by atoms with Crippen LogP contribution in [-0.2, 0) is 32.6 Å². The molecule has 0 bridgehead atoms. The molecular weight excluding hydrogens is 574 g/mol. The molecule has 0 radical (unpaired) electrons. The van der Waals surface area contributed by atoms with E-state index in [4.69, 9.17) is 4.74 Å². The van der Waals surface area contributed by atoms with Crippen LogP contribution < -0.4 is 15.0 Å². The van der Waals surface area contributed by atoms with Crippen molar-refractivity contribution < 1.29 is 22.7 Å². The number of hydrogen-bond acceptors (Lipinski definition) is 5. The second-order valence-corrected chi connectivity index (χ2v) is 13.0. The van der Waals surface area contributed by atoms with E-state index in [1.807, 2.05) is 79.7 Å². The van der Waals surface area contributed by atoms with Gasteiger partial charge in [0.15, 0.2) is 6.10 Å². The Balaban J connectivity index is 1.42. The summed E-state index contributed by atoms with van der Waals surface area (Å²) in [6.45, 7) is 5.46. The SMILES string of the molecule is Cc1cc(C)c(S(=O)(=O)N(CCc2ccccc2)CC(=O)N2C[C@H](C(=O)NCc3ccccc3)Oc3ccccc32)c(C)c1. The van der Waals surface area contributed by atoms with E-state index in [2.05, 4.69) is 5.32 Å². The normalized spacial score (nSPS) is 14.5. The molecule has 2 amide bonds. The third-order valence-electron chi connectivity index (χ3n) is 7.68. The van der Waals surface area contributed by atoms with Crippen LogP contribution in [0.25, 0.3) is 0 Å². The molecule has 44 heavy (non-hydrogen) atoms. The van der Waals surface area contributed by atoms with Gasteiger partial charge in [0.05, 0.1) is 23.7 Å². The first-order chi connectivity index (χ1) is 21.1. The second kappa shape index (κ2) is 13.4. The Labute approximate surface area is 259 Å². The van der Waals surface area contributed by atoms with Crippen molar-refractivity contribution >= 4 is 27.5 Å². The van der Waals surface area contributed by atoms with Crippen molar-refractivity contribution in [2.75, 3.05) is 24.5 Å². The number of aryl methyl sites for hydroxylation is 3. The fourth-order valence-electron chi connectivity index (χ4n) is 5.63. The quantitative estimate of drug-likeness (QED) is 0.274. The highest BCUT2D eigenvalue weighted by molar-refractivity contribution is 7.89. The summed E-state index contributed by atoms with van der Waals surface area (Å²) in [6.07, 6.45) is -0.532. The Kier molecular flexibility index (Phi) is 9.46. The lowest BCUT2D eigenvalue weighted by Gasteiger charge is -2.35. The van der Waals surface area contributed by atoms with E-state index < -0.39 is 28.6 Å². The number of sulfonamides is 1. The number of carbonyl (C=O) groups excluding carboxylic acids is 2. The molecule has 0 aliphatic carbocycles. The summed E-state index contributed by atoms with van der Waals surface area (Å²) < 4.78 is 35.7. The maximum Gasteiger partial charge on any atom is 0.263 e. The van der Waals surface area contributed by atoms with Crippen LogP contribution in [0.5, 0.6) is 5.75 Å². The van der Waals surface area contributed by atoms with Crippen molar-refractivity contribution in [1.82, 2.24) is 9.62 Å². The molecule has 8 nitrogen and oxygen atoms in total. The van der Waals surface area contributed by atoms with Crippen molar-refractivity contribution in [3.63, 3.8) is 0 Å². The first-order valence-corrected chi connectivity index (χ1v) is 16.1. The minimum absolute atomic E-state index is 0.0500. The maximum atomic E-state index is 14.2. The summed E-state index contributed by atoms with van der Waals surface area (Å²) in [5, 5.41) is 2.89. The van der Waals surface area contributed by atoms with E-state index >= 15 is 0 Å². The van der Waals surface area contributed by atoms with Crippen LogP contribution in [0.15, 0.2) is 102 Å². The van der Waals surface area contributed by atoms with Crippen LogP contribution in [0.1, 0.15) is 27.8 Å². The molecule has 9 heteroatoms. The Bertz CT molecular complexity index is 1720. The largest absolute Gasteiger partial charge is 0.477 e. The number of benzene rings is 4. The van der Waals surface area contributed by atoms with Gasteiger partial charge in [0.2, 0.25) is 15.9 Å². The molecular formula is C35H37N3O5S. The highest BCUT2D eigenvalue weighted by Gasteiger charge is 2.36. The van der Waals surface area contributed by atoms with E-state index in [1.54, 1.807) is 38.1 Å². The van der Waals surface area contributed by atoms with Gasteiger partial charge in [-0.15, -0.1) is 0 Å². The molecule has 5 rings (SSSR count). The van der Waals surface area contributed by atoms with Crippen LogP contribution >= 0.6 is 0 Å². The van der Waals surface area contributed by atoms with Gasteiger partial charge < -0.3 is 15.0 Å². The molecule has 0 saturated heterocycles. The molecule has 1 heterocycles. The molecule has 1 aliphatic rings. The monoisotopic (exact) mass is 611 g/mol. The van der Waals surface area contributed by atoms with Crippen molar-refractivity contribution in [3.8, 4) is 5.75 Å². The smallest absolute Gasteiger partial charge is 0.263 e. The average molecular weight is 612 g/mol.